The van der Waals surface area contributed by atoms with Crippen LogP contribution >= 0.6 is 11.3 Å². The van der Waals surface area contributed by atoms with Crippen LogP contribution in [0.1, 0.15) is 40.7 Å². The Labute approximate surface area is 125 Å². The summed E-state index contributed by atoms with van der Waals surface area (Å²) in [6.07, 6.45) is 3.28. The van der Waals surface area contributed by atoms with Gasteiger partial charge >= 0.3 is 5.97 Å². The van der Waals surface area contributed by atoms with E-state index in [4.69, 9.17) is 0 Å². The fraction of sp³-hybridized carbons (Fsp3) is 0.286. The van der Waals surface area contributed by atoms with E-state index in [2.05, 4.69) is 28.9 Å². The van der Waals surface area contributed by atoms with Gasteiger partial charge < -0.3 is 5.11 Å². The van der Waals surface area contributed by atoms with Gasteiger partial charge in [-0.05, 0) is 24.5 Å². The van der Waals surface area contributed by atoms with Crippen LogP contribution in [0.25, 0.3) is 16.0 Å². The highest BCUT2D eigenvalue weighted by Crippen LogP contribution is 2.32. The standard InChI is InChI=1S/C14H14N4O2S/c1-7(2)9-4-5-18(17-9)12-10-8(3)11(14(19)20)21-13(10)16-6-15-12/h4-7H,1-3H3,(H,19,20). The molecule has 0 aliphatic heterocycles. The van der Waals surface area contributed by atoms with Crippen LogP contribution in [0.15, 0.2) is 18.6 Å². The number of aryl methyl sites for hydroxylation is 1. The van der Waals surface area contributed by atoms with E-state index in [1.165, 1.54) is 6.33 Å². The Kier molecular flexibility index (Phi) is 3.21. The number of carbonyl (C=O) groups is 1. The third-order valence-corrected chi connectivity index (χ3v) is 4.51. The first-order chi connectivity index (χ1) is 9.99. The van der Waals surface area contributed by atoms with Gasteiger partial charge in [0, 0.05) is 6.20 Å². The molecule has 6 nitrogen and oxygen atoms in total. The molecule has 0 aromatic carbocycles. The maximum atomic E-state index is 11.3. The van der Waals surface area contributed by atoms with Crippen molar-refractivity contribution in [1.82, 2.24) is 19.7 Å². The quantitative estimate of drug-likeness (QED) is 0.804. The molecule has 0 bridgehead atoms. The van der Waals surface area contributed by atoms with Crippen molar-refractivity contribution in [2.75, 3.05) is 0 Å². The molecule has 0 unspecified atom stereocenters. The van der Waals surface area contributed by atoms with Crippen molar-refractivity contribution in [1.29, 1.82) is 0 Å². The molecule has 0 saturated carbocycles. The highest BCUT2D eigenvalue weighted by Gasteiger charge is 2.19. The number of hydrogen-bond donors (Lipinski definition) is 1. The van der Waals surface area contributed by atoms with Gasteiger partial charge in [-0.25, -0.2) is 19.4 Å². The molecule has 108 valence electrons. The van der Waals surface area contributed by atoms with Crippen molar-refractivity contribution >= 4 is 27.5 Å². The SMILES string of the molecule is Cc1c(C(=O)O)sc2ncnc(-n3ccc(C(C)C)n3)c12. The molecule has 3 aromatic rings. The summed E-state index contributed by atoms with van der Waals surface area (Å²) in [4.78, 5) is 20.7. The largest absolute Gasteiger partial charge is 0.477 e. The van der Waals surface area contributed by atoms with Crippen molar-refractivity contribution < 1.29 is 9.90 Å². The van der Waals surface area contributed by atoms with Crippen LogP contribution < -0.4 is 0 Å². The number of aromatic nitrogens is 4. The minimum absolute atomic E-state index is 0.294. The summed E-state index contributed by atoms with van der Waals surface area (Å²) in [7, 11) is 0. The lowest BCUT2D eigenvalue weighted by atomic mass is 10.1. The Bertz CT molecular complexity index is 835. The van der Waals surface area contributed by atoms with Gasteiger partial charge in [0.15, 0.2) is 5.82 Å². The van der Waals surface area contributed by atoms with E-state index in [-0.39, 0.29) is 0 Å². The molecule has 0 aliphatic carbocycles. The molecule has 0 atom stereocenters. The molecule has 3 aromatic heterocycles. The maximum absolute atomic E-state index is 11.3. The van der Waals surface area contributed by atoms with Gasteiger partial charge in [-0.2, -0.15) is 5.10 Å². The van der Waals surface area contributed by atoms with Crippen LogP contribution in [0, 0.1) is 6.92 Å². The third kappa shape index (κ3) is 2.19. The Balaban J connectivity index is 2.24. The lowest BCUT2D eigenvalue weighted by molar-refractivity contribution is 0.0701. The van der Waals surface area contributed by atoms with Crippen LogP contribution in [0.3, 0.4) is 0 Å². The summed E-state index contributed by atoms with van der Waals surface area (Å²) < 4.78 is 1.69. The number of rotatable bonds is 3. The van der Waals surface area contributed by atoms with Crippen molar-refractivity contribution in [3.05, 3.63) is 34.7 Å². The molecular formula is C14H14N4O2S. The first-order valence-electron chi connectivity index (χ1n) is 6.52. The lowest BCUT2D eigenvalue weighted by Crippen LogP contribution is -2.02. The average molecular weight is 302 g/mol. The van der Waals surface area contributed by atoms with Crippen LogP contribution in [0.5, 0.6) is 0 Å². The zero-order valence-electron chi connectivity index (χ0n) is 11.9. The summed E-state index contributed by atoms with van der Waals surface area (Å²) in [5, 5.41) is 14.5. The van der Waals surface area contributed by atoms with E-state index < -0.39 is 5.97 Å². The van der Waals surface area contributed by atoms with Gasteiger partial charge in [0.2, 0.25) is 0 Å². The molecule has 0 radical (unpaired) electrons. The monoisotopic (exact) mass is 302 g/mol. The summed E-state index contributed by atoms with van der Waals surface area (Å²) in [5.74, 6) is -0.000310. The highest BCUT2D eigenvalue weighted by molar-refractivity contribution is 7.20. The Morgan fingerprint density at radius 3 is 2.76 bits per heavy atom. The predicted molar refractivity (Wildman–Crippen MR) is 80.3 cm³/mol. The van der Waals surface area contributed by atoms with E-state index in [1.54, 1.807) is 11.6 Å². The highest BCUT2D eigenvalue weighted by atomic mass is 32.1. The lowest BCUT2D eigenvalue weighted by Gasteiger charge is -2.03. The molecule has 0 saturated heterocycles. The van der Waals surface area contributed by atoms with Crippen LogP contribution in [-0.2, 0) is 0 Å². The van der Waals surface area contributed by atoms with E-state index in [1.807, 2.05) is 12.3 Å². The molecule has 0 aliphatic rings. The molecule has 7 heteroatoms. The third-order valence-electron chi connectivity index (χ3n) is 3.32. The first kappa shape index (κ1) is 13.7. The zero-order valence-corrected chi connectivity index (χ0v) is 12.7. The molecule has 0 spiro atoms. The Morgan fingerprint density at radius 1 is 1.38 bits per heavy atom. The van der Waals surface area contributed by atoms with Crippen molar-refractivity contribution in [2.45, 2.75) is 26.7 Å². The van der Waals surface area contributed by atoms with Gasteiger partial charge in [0.1, 0.15) is 16.0 Å². The summed E-state index contributed by atoms with van der Waals surface area (Å²) in [6, 6.07) is 1.94. The van der Waals surface area contributed by atoms with Crippen LogP contribution in [0.4, 0.5) is 0 Å². The number of aromatic carboxylic acids is 1. The van der Waals surface area contributed by atoms with Crippen LogP contribution in [0.2, 0.25) is 0 Å². The van der Waals surface area contributed by atoms with Crippen molar-refractivity contribution in [3.8, 4) is 5.82 Å². The Hall–Kier alpha value is -2.28. The number of thiophene rings is 1. The first-order valence-corrected chi connectivity index (χ1v) is 7.34. The second kappa shape index (κ2) is 4.92. The van der Waals surface area contributed by atoms with Crippen molar-refractivity contribution in [2.24, 2.45) is 0 Å². The maximum Gasteiger partial charge on any atom is 0.346 e. The molecule has 0 fully saturated rings. The normalized spacial score (nSPS) is 11.4. The smallest absolute Gasteiger partial charge is 0.346 e. The fourth-order valence-corrected chi connectivity index (χ4v) is 3.18. The van der Waals surface area contributed by atoms with E-state index in [9.17, 15) is 9.90 Å². The van der Waals surface area contributed by atoms with Gasteiger partial charge in [0.05, 0.1) is 11.1 Å². The number of carboxylic acids is 1. The number of hydrogen-bond acceptors (Lipinski definition) is 5. The molecule has 21 heavy (non-hydrogen) atoms. The number of fused-ring (bicyclic) bond motifs is 1. The summed E-state index contributed by atoms with van der Waals surface area (Å²) in [5.41, 5.74) is 1.65. The number of carboxylic acid groups (broad SMARTS) is 1. The van der Waals surface area contributed by atoms with Gasteiger partial charge in [0.25, 0.3) is 0 Å². The van der Waals surface area contributed by atoms with Crippen molar-refractivity contribution in [3.63, 3.8) is 0 Å². The minimum Gasteiger partial charge on any atom is -0.477 e. The van der Waals surface area contributed by atoms with E-state index in [0.29, 0.717) is 27.0 Å². The fourth-order valence-electron chi connectivity index (χ4n) is 2.19. The molecule has 3 heterocycles. The van der Waals surface area contributed by atoms with E-state index in [0.717, 1.165) is 22.4 Å². The second-order valence-corrected chi connectivity index (χ2v) is 6.08. The molecule has 0 amide bonds. The van der Waals surface area contributed by atoms with E-state index >= 15 is 0 Å². The number of nitrogens with zero attached hydrogens (tertiary/aromatic N) is 4. The molecular weight excluding hydrogens is 288 g/mol. The topological polar surface area (TPSA) is 80.9 Å². The average Bonchev–Trinajstić information content (AvgIpc) is 3.04. The predicted octanol–water partition coefficient (Wildman–Crippen LogP) is 3.01. The minimum atomic E-state index is -0.940. The van der Waals surface area contributed by atoms with Gasteiger partial charge in [-0.1, -0.05) is 13.8 Å². The molecule has 3 rings (SSSR count). The molecule has 1 N–H and O–H groups in total. The Morgan fingerprint density at radius 2 is 2.14 bits per heavy atom. The zero-order chi connectivity index (χ0) is 15.1. The van der Waals surface area contributed by atoms with Gasteiger partial charge in [-0.15, -0.1) is 11.3 Å². The van der Waals surface area contributed by atoms with Gasteiger partial charge in [-0.3, -0.25) is 0 Å². The summed E-state index contributed by atoms with van der Waals surface area (Å²) >= 11 is 1.16. The van der Waals surface area contributed by atoms with Crippen LogP contribution in [-0.4, -0.2) is 30.8 Å². The summed E-state index contributed by atoms with van der Waals surface area (Å²) in [6.45, 7) is 5.92. The second-order valence-electron chi connectivity index (χ2n) is 5.08.